The van der Waals surface area contributed by atoms with Crippen LogP contribution >= 0.6 is 0 Å². The van der Waals surface area contributed by atoms with Gasteiger partial charge in [0.25, 0.3) is 0 Å². The molecule has 0 unspecified atom stereocenters. The largest absolute Gasteiger partial charge is 0.493 e. The van der Waals surface area contributed by atoms with E-state index in [2.05, 4.69) is 115 Å². The number of benzene rings is 5. The van der Waals surface area contributed by atoms with Crippen LogP contribution in [0, 0.1) is 0 Å². The summed E-state index contributed by atoms with van der Waals surface area (Å²) in [6, 6.07) is 30.5. The fourth-order valence-electron chi connectivity index (χ4n) is 5.43. The summed E-state index contributed by atoms with van der Waals surface area (Å²) in [7, 11) is 1.50. The van der Waals surface area contributed by atoms with Gasteiger partial charge >= 0.3 is 0 Å². The quantitative estimate of drug-likeness (QED) is 0.0506. The average Bonchev–Trinajstić information content (AvgIpc) is 3.11. The molecule has 5 rings (SSSR count). The number of rotatable bonds is 12. The first kappa shape index (κ1) is 33.5. The number of ether oxygens (including phenoxy) is 1. The van der Waals surface area contributed by atoms with E-state index >= 15 is 0 Å². The summed E-state index contributed by atoms with van der Waals surface area (Å²) in [5.74, 6) is 0. The summed E-state index contributed by atoms with van der Waals surface area (Å²) in [5.41, 5.74) is 22.3. The Morgan fingerprint density at radius 2 is 1.28 bits per heavy atom. The van der Waals surface area contributed by atoms with Crippen molar-refractivity contribution in [2.24, 2.45) is 22.2 Å². The van der Waals surface area contributed by atoms with Gasteiger partial charge in [0.2, 0.25) is 0 Å². The first-order valence-electron chi connectivity index (χ1n) is 15.2. The van der Waals surface area contributed by atoms with Gasteiger partial charge in [0.15, 0.2) is 0 Å². The molecule has 0 aromatic heterocycles. The lowest BCUT2D eigenvalue weighted by molar-refractivity contribution is 0.278. The molecule has 6 heteroatoms. The minimum absolute atomic E-state index is 0.161. The number of fused-ring (bicyclic) bond motifs is 3. The molecule has 7 N–H and O–H groups in total. The van der Waals surface area contributed by atoms with E-state index in [-0.39, 0.29) is 13.2 Å². The normalized spacial score (nSPS) is 12.4. The average molecular weight is 611 g/mol. The first-order valence-corrected chi connectivity index (χ1v) is 15.2. The summed E-state index contributed by atoms with van der Waals surface area (Å²) >= 11 is 0. The van der Waals surface area contributed by atoms with Crippen molar-refractivity contribution in [1.82, 2.24) is 0 Å². The monoisotopic (exact) mass is 610 g/mol. The Hall–Kier alpha value is -5.43. The molecule has 6 nitrogen and oxygen atoms in total. The van der Waals surface area contributed by atoms with Crippen LogP contribution in [0.3, 0.4) is 0 Å². The van der Waals surface area contributed by atoms with Gasteiger partial charge in [0.05, 0.1) is 12.8 Å². The molecule has 5 aromatic rings. The maximum absolute atomic E-state index is 9.29. The van der Waals surface area contributed by atoms with Gasteiger partial charge in [-0.2, -0.15) is 0 Å². The molecule has 0 spiro atoms. The third-order valence-corrected chi connectivity index (χ3v) is 7.56. The highest BCUT2D eigenvalue weighted by Crippen LogP contribution is 2.37. The van der Waals surface area contributed by atoms with Crippen molar-refractivity contribution in [3.05, 3.63) is 156 Å². The molecule has 0 aliphatic rings. The van der Waals surface area contributed by atoms with E-state index in [0.29, 0.717) is 11.4 Å². The zero-order valence-corrected chi connectivity index (χ0v) is 26.3. The highest BCUT2D eigenvalue weighted by Gasteiger charge is 2.14. The Bertz CT molecular complexity index is 1950. The lowest BCUT2D eigenvalue weighted by Crippen LogP contribution is -2.03. The topological polar surface area (TPSA) is 120 Å². The van der Waals surface area contributed by atoms with E-state index in [1.54, 1.807) is 6.08 Å². The molecule has 5 aromatic carbocycles. The van der Waals surface area contributed by atoms with Crippen LogP contribution in [0.1, 0.15) is 11.1 Å². The van der Waals surface area contributed by atoms with Crippen molar-refractivity contribution < 1.29 is 9.84 Å². The molecule has 0 saturated carbocycles. The predicted octanol–water partition coefficient (Wildman–Crippen LogP) is 7.45. The SMILES string of the molecule is C=N/C=C\OC/C(N)=C/C=C\Cc1c2ccccc2c(C/C=C\C=C(/N)CO)c2cc(-c3ccc4ccccc4c3)ccc12.CN. The van der Waals surface area contributed by atoms with E-state index in [9.17, 15) is 5.11 Å². The number of allylic oxidation sites excluding steroid dienone is 6. The number of aliphatic hydroxyl groups excluding tert-OH is 1. The third kappa shape index (κ3) is 8.39. The standard InChI is InChI=1S/C39H37N3O2.CH5N/c1-42-22-23-44-27-33(41)13-5-7-14-36-34-15-8-9-16-35(34)37(17-6-4-12-32(40)26-43)39-25-31(20-21-38(36)39)30-19-18-28-10-2-3-11-29(28)24-30;1-2/h2-13,15-16,18-25,43H,1,14,17,26-27,40-41H2;2H2,1H3/b6-4-,7-5-,23-22-,32-12-,33-13-;. The second-order valence-corrected chi connectivity index (χ2v) is 10.5. The maximum Gasteiger partial charge on any atom is 0.127 e. The van der Waals surface area contributed by atoms with Crippen LogP contribution in [0.15, 0.2) is 150 Å². The zero-order chi connectivity index (χ0) is 32.7. The molecule has 234 valence electrons. The summed E-state index contributed by atoms with van der Waals surface area (Å²) in [6.45, 7) is 3.50. The van der Waals surface area contributed by atoms with Crippen LogP contribution in [-0.4, -0.2) is 32.1 Å². The van der Waals surface area contributed by atoms with Gasteiger partial charge in [-0.25, -0.2) is 0 Å². The lowest BCUT2D eigenvalue weighted by Gasteiger charge is -2.17. The van der Waals surface area contributed by atoms with Crippen LogP contribution < -0.4 is 17.2 Å². The van der Waals surface area contributed by atoms with Crippen molar-refractivity contribution in [2.45, 2.75) is 12.8 Å². The molecule has 0 saturated heterocycles. The number of hydrogen-bond donors (Lipinski definition) is 4. The fourth-order valence-corrected chi connectivity index (χ4v) is 5.43. The number of aliphatic hydroxyl groups is 1. The summed E-state index contributed by atoms with van der Waals surface area (Å²) in [6.07, 6.45) is 16.1. The smallest absolute Gasteiger partial charge is 0.127 e. The highest BCUT2D eigenvalue weighted by atomic mass is 16.5. The Kier molecular flexibility index (Phi) is 12.5. The minimum atomic E-state index is -0.161. The number of hydrogen-bond acceptors (Lipinski definition) is 6. The van der Waals surface area contributed by atoms with Crippen LogP contribution in [0.5, 0.6) is 0 Å². The molecular weight excluding hydrogens is 568 g/mol. The van der Waals surface area contributed by atoms with Crippen LogP contribution in [0.4, 0.5) is 0 Å². The number of aliphatic imine (C=N–C) groups is 1. The molecular formula is C40H42N4O2. The van der Waals surface area contributed by atoms with Gasteiger partial charge in [-0.05, 0) is 105 Å². The molecule has 0 fully saturated rings. The second-order valence-electron chi connectivity index (χ2n) is 10.5. The van der Waals surface area contributed by atoms with Gasteiger partial charge in [0.1, 0.15) is 12.9 Å². The molecule has 0 bridgehead atoms. The third-order valence-electron chi connectivity index (χ3n) is 7.56. The highest BCUT2D eigenvalue weighted by molar-refractivity contribution is 6.07. The van der Waals surface area contributed by atoms with Gasteiger partial charge in [-0.3, -0.25) is 4.99 Å². The molecule has 0 amide bonds. The minimum Gasteiger partial charge on any atom is -0.493 e. The van der Waals surface area contributed by atoms with Gasteiger partial charge in [0, 0.05) is 11.4 Å². The summed E-state index contributed by atoms with van der Waals surface area (Å²) in [4.78, 5) is 3.61. The zero-order valence-electron chi connectivity index (χ0n) is 26.3. The number of nitrogens with zero attached hydrogens (tertiary/aromatic N) is 1. The summed E-state index contributed by atoms with van der Waals surface area (Å²) in [5, 5.41) is 16.6. The summed E-state index contributed by atoms with van der Waals surface area (Å²) < 4.78 is 5.34. The van der Waals surface area contributed by atoms with Gasteiger partial charge in [-0.1, -0.05) is 97.1 Å². The van der Waals surface area contributed by atoms with Crippen molar-refractivity contribution >= 4 is 39.0 Å². The van der Waals surface area contributed by atoms with Gasteiger partial charge < -0.3 is 27.0 Å². The fraction of sp³-hybridized carbons (Fsp3) is 0.125. The molecule has 0 aliphatic carbocycles. The second kappa shape index (κ2) is 17.2. The Labute approximate surface area is 271 Å². The van der Waals surface area contributed by atoms with Gasteiger partial charge in [-0.15, -0.1) is 0 Å². The Balaban J connectivity index is 0.00000235. The van der Waals surface area contributed by atoms with E-state index in [1.807, 2.05) is 18.2 Å². The molecule has 0 radical (unpaired) electrons. The van der Waals surface area contributed by atoms with Crippen molar-refractivity contribution in [1.29, 1.82) is 0 Å². The van der Waals surface area contributed by atoms with E-state index in [1.165, 1.54) is 74.1 Å². The van der Waals surface area contributed by atoms with Crippen molar-refractivity contribution in [3.8, 4) is 11.1 Å². The maximum atomic E-state index is 9.29. The molecule has 0 heterocycles. The van der Waals surface area contributed by atoms with Crippen LogP contribution in [0.25, 0.3) is 43.4 Å². The predicted molar refractivity (Wildman–Crippen MR) is 196 cm³/mol. The van der Waals surface area contributed by atoms with Crippen molar-refractivity contribution in [3.63, 3.8) is 0 Å². The molecule has 0 aliphatic heterocycles. The first-order chi connectivity index (χ1) is 22.6. The van der Waals surface area contributed by atoms with E-state index < -0.39 is 0 Å². The molecule has 46 heavy (non-hydrogen) atoms. The lowest BCUT2D eigenvalue weighted by atomic mass is 9.87. The number of nitrogens with two attached hydrogens (primary N) is 3. The molecule has 0 atom stereocenters. The van der Waals surface area contributed by atoms with Crippen molar-refractivity contribution in [2.75, 3.05) is 20.3 Å². The van der Waals surface area contributed by atoms with Crippen LogP contribution in [0.2, 0.25) is 0 Å². The Morgan fingerprint density at radius 3 is 1.96 bits per heavy atom. The van der Waals surface area contributed by atoms with Crippen LogP contribution in [-0.2, 0) is 17.6 Å². The van der Waals surface area contributed by atoms with E-state index in [4.69, 9.17) is 16.2 Å². The Morgan fingerprint density at radius 1 is 0.717 bits per heavy atom. The van der Waals surface area contributed by atoms with E-state index in [0.717, 1.165) is 12.8 Å².